The third-order valence-corrected chi connectivity index (χ3v) is 6.29. The molecule has 34 heavy (non-hydrogen) atoms. The van der Waals surface area contributed by atoms with Crippen LogP contribution in [0.3, 0.4) is 0 Å². The molecule has 0 radical (unpaired) electrons. The maximum Gasteiger partial charge on any atom is 0.256 e. The molecular formula is C26H23ClFN3O2S. The summed E-state index contributed by atoms with van der Waals surface area (Å²) < 4.78 is 13.2. The molecule has 1 saturated heterocycles. The molecule has 0 aliphatic carbocycles. The van der Waals surface area contributed by atoms with Crippen LogP contribution in [-0.2, 0) is 16.0 Å². The second kappa shape index (κ2) is 10.8. The Hall–Kier alpha value is -3.29. The lowest BCUT2D eigenvalue weighted by molar-refractivity contribution is -0.124. The second-order valence-electron chi connectivity index (χ2n) is 7.99. The van der Waals surface area contributed by atoms with Gasteiger partial charge < -0.3 is 10.2 Å². The van der Waals surface area contributed by atoms with Gasteiger partial charge in [-0.15, -0.1) is 0 Å². The molecule has 2 amide bonds. The molecule has 1 aliphatic rings. The molecule has 4 rings (SSSR count). The molecule has 0 bridgehead atoms. The fourth-order valence-electron chi connectivity index (χ4n) is 3.93. The number of halogens is 2. The van der Waals surface area contributed by atoms with E-state index in [4.69, 9.17) is 23.8 Å². The quantitative estimate of drug-likeness (QED) is 0.423. The van der Waals surface area contributed by atoms with Gasteiger partial charge in [0, 0.05) is 17.3 Å². The van der Waals surface area contributed by atoms with Gasteiger partial charge in [0.1, 0.15) is 11.9 Å². The van der Waals surface area contributed by atoms with E-state index in [0.717, 1.165) is 12.8 Å². The maximum absolute atomic E-state index is 13.4. The summed E-state index contributed by atoms with van der Waals surface area (Å²) in [6, 6.07) is 21.7. The van der Waals surface area contributed by atoms with E-state index < -0.39 is 11.9 Å². The molecule has 0 aromatic heterocycles. The standard InChI is InChI=1S/C26H23ClFN3O2S/c27-19-8-14-22(15-9-19)31-25(33)23(17-24(32)29-21-12-10-20(28)11-13-21)30(26(31)34)16-4-7-18-5-2-1-3-6-18/h1-3,5-6,8-15,23H,4,7,16-17H2,(H,29,32)/t23-/m1/s1. The molecule has 1 aliphatic heterocycles. The topological polar surface area (TPSA) is 52.7 Å². The number of hydrogen-bond acceptors (Lipinski definition) is 3. The van der Waals surface area contributed by atoms with E-state index in [2.05, 4.69) is 17.4 Å². The number of nitrogens with one attached hydrogen (secondary N) is 1. The Kier molecular flexibility index (Phi) is 7.55. The van der Waals surface area contributed by atoms with Gasteiger partial charge in [-0.1, -0.05) is 41.9 Å². The number of nitrogens with zero attached hydrogens (tertiary/aromatic N) is 2. The van der Waals surface area contributed by atoms with Crippen LogP contribution in [0.25, 0.3) is 0 Å². The summed E-state index contributed by atoms with van der Waals surface area (Å²) in [6.07, 6.45) is 1.51. The predicted octanol–water partition coefficient (Wildman–Crippen LogP) is 5.44. The van der Waals surface area contributed by atoms with Crippen LogP contribution < -0.4 is 10.2 Å². The molecule has 3 aromatic rings. The Labute approximate surface area is 208 Å². The summed E-state index contributed by atoms with van der Waals surface area (Å²) in [5.41, 5.74) is 2.26. The minimum atomic E-state index is -0.737. The summed E-state index contributed by atoms with van der Waals surface area (Å²) in [4.78, 5) is 29.5. The van der Waals surface area contributed by atoms with Crippen molar-refractivity contribution in [3.8, 4) is 0 Å². The number of anilines is 2. The average Bonchev–Trinajstić information content (AvgIpc) is 3.06. The van der Waals surface area contributed by atoms with E-state index in [1.54, 1.807) is 24.3 Å². The van der Waals surface area contributed by atoms with Crippen LogP contribution >= 0.6 is 23.8 Å². The van der Waals surface area contributed by atoms with E-state index in [0.29, 0.717) is 28.1 Å². The first kappa shape index (κ1) is 23.9. The van der Waals surface area contributed by atoms with Crippen LogP contribution in [0, 0.1) is 5.82 Å². The monoisotopic (exact) mass is 495 g/mol. The van der Waals surface area contributed by atoms with Crippen LogP contribution in [0.2, 0.25) is 5.02 Å². The van der Waals surface area contributed by atoms with Crippen LogP contribution in [-0.4, -0.2) is 34.4 Å². The van der Waals surface area contributed by atoms with Gasteiger partial charge in [-0.3, -0.25) is 14.5 Å². The molecule has 174 valence electrons. The van der Waals surface area contributed by atoms with Gasteiger partial charge in [-0.05, 0) is 79.2 Å². The van der Waals surface area contributed by atoms with Crippen molar-refractivity contribution >= 4 is 52.1 Å². The molecular weight excluding hydrogens is 473 g/mol. The van der Waals surface area contributed by atoms with Gasteiger partial charge in [0.25, 0.3) is 5.91 Å². The highest BCUT2D eigenvalue weighted by Gasteiger charge is 2.43. The first-order valence-electron chi connectivity index (χ1n) is 10.9. The van der Waals surface area contributed by atoms with Gasteiger partial charge in [-0.25, -0.2) is 4.39 Å². The van der Waals surface area contributed by atoms with Gasteiger partial charge >= 0.3 is 0 Å². The van der Waals surface area contributed by atoms with Crippen molar-refractivity contribution in [1.82, 2.24) is 4.90 Å². The SMILES string of the molecule is O=C(C[C@@H]1C(=O)N(c2ccc(Cl)cc2)C(=S)N1CCCc1ccccc1)Nc1ccc(F)cc1. The van der Waals surface area contributed by atoms with Crippen LogP contribution in [0.4, 0.5) is 15.8 Å². The fraction of sp³-hybridized carbons (Fsp3) is 0.192. The van der Waals surface area contributed by atoms with E-state index >= 15 is 0 Å². The highest BCUT2D eigenvalue weighted by atomic mass is 35.5. The maximum atomic E-state index is 13.4. The highest BCUT2D eigenvalue weighted by Crippen LogP contribution is 2.29. The number of carbonyl (C=O) groups excluding carboxylic acids is 2. The van der Waals surface area contributed by atoms with E-state index in [1.807, 2.05) is 23.1 Å². The summed E-state index contributed by atoms with van der Waals surface area (Å²) >= 11 is 11.7. The Morgan fingerprint density at radius 3 is 2.35 bits per heavy atom. The molecule has 1 heterocycles. The van der Waals surface area contributed by atoms with Crippen molar-refractivity contribution in [3.63, 3.8) is 0 Å². The molecule has 3 aromatic carbocycles. The van der Waals surface area contributed by atoms with Gasteiger partial charge in [0.05, 0.1) is 12.1 Å². The molecule has 8 heteroatoms. The lowest BCUT2D eigenvalue weighted by atomic mass is 10.1. The average molecular weight is 496 g/mol. The number of thiocarbonyl (C=S) groups is 1. The zero-order valence-electron chi connectivity index (χ0n) is 18.3. The Bertz CT molecular complexity index is 1170. The Morgan fingerprint density at radius 1 is 1.00 bits per heavy atom. The number of benzene rings is 3. The predicted molar refractivity (Wildman–Crippen MR) is 136 cm³/mol. The third-order valence-electron chi connectivity index (χ3n) is 5.62. The van der Waals surface area contributed by atoms with Gasteiger partial charge in [-0.2, -0.15) is 0 Å². The lowest BCUT2D eigenvalue weighted by Gasteiger charge is -2.24. The first-order chi connectivity index (χ1) is 16.4. The molecule has 0 saturated carbocycles. The lowest BCUT2D eigenvalue weighted by Crippen LogP contribution is -2.38. The number of aryl methyl sites for hydroxylation is 1. The Morgan fingerprint density at radius 2 is 1.68 bits per heavy atom. The second-order valence-corrected chi connectivity index (χ2v) is 8.79. The number of rotatable bonds is 8. The number of amides is 2. The van der Waals surface area contributed by atoms with Crippen LogP contribution in [0.1, 0.15) is 18.4 Å². The molecule has 5 nitrogen and oxygen atoms in total. The molecule has 1 atom stereocenters. The van der Waals surface area contributed by atoms with Crippen molar-refractivity contribution in [2.24, 2.45) is 0 Å². The van der Waals surface area contributed by atoms with Crippen LogP contribution in [0.5, 0.6) is 0 Å². The number of hydrogen-bond donors (Lipinski definition) is 1. The van der Waals surface area contributed by atoms with E-state index in [-0.39, 0.29) is 18.2 Å². The minimum Gasteiger partial charge on any atom is -0.336 e. The molecule has 0 unspecified atom stereocenters. The van der Waals surface area contributed by atoms with Crippen molar-refractivity contribution in [3.05, 3.63) is 95.3 Å². The molecule has 0 spiro atoms. The zero-order chi connectivity index (χ0) is 24.1. The van der Waals surface area contributed by atoms with Crippen molar-refractivity contribution in [2.75, 3.05) is 16.8 Å². The molecule has 1 N–H and O–H groups in total. The fourth-order valence-corrected chi connectivity index (χ4v) is 4.47. The summed E-state index contributed by atoms with van der Waals surface area (Å²) in [5, 5.41) is 3.65. The summed E-state index contributed by atoms with van der Waals surface area (Å²) in [7, 11) is 0. The van der Waals surface area contributed by atoms with Crippen molar-refractivity contribution in [1.29, 1.82) is 0 Å². The number of carbonyl (C=O) groups is 2. The van der Waals surface area contributed by atoms with Crippen molar-refractivity contribution < 1.29 is 14.0 Å². The highest BCUT2D eigenvalue weighted by molar-refractivity contribution is 7.80. The third kappa shape index (κ3) is 5.61. The first-order valence-corrected chi connectivity index (χ1v) is 11.7. The Balaban J connectivity index is 1.51. The smallest absolute Gasteiger partial charge is 0.256 e. The summed E-state index contributed by atoms with van der Waals surface area (Å²) in [6.45, 7) is 0.526. The van der Waals surface area contributed by atoms with E-state index in [9.17, 15) is 14.0 Å². The normalized spacial score (nSPS) is 15.6. The van der Waals surface area contributed by atoms with Crippen molar-refractivity contribution in [2.45, 2.75) is 25.3 Å². The van der Waals surface area contributed by atoms with Gasteiger partial charge in [0.2, 0.25) is 5.91 Å². The van der Waals surface area contributed by atoms with E-state index in [1.165, 1.54) is 34.7 Å². The van der Waals surface area contributed by atoms with Gasteiger partial charge in [0.15, 0.2) is 5.11 Å². The minimum absolute atomic E-state index is 0.0776. The summed E-state index contributed by atoms with van der Waals surface area (Å²) in [5.74, 6) is -1.00. The van der Waals surface area contributed by atoms with Crippen LogP contribution in [0.15, 0.2) is 78.9 Å². The largest absolute Gasteiger partial charge is 0.336 e. The zero-order valence-corrected chi connectivity index (χ0v) is 19.9. The molecule has 1 fully saturated rings.